The second kappa shape index (κ2) is 10.9. The molecule has 3 rings (SSSR count). The number of nitrogens with two attached hydrogens (primary N) is 1. The molecule has 0 radical (unpaired) electrons. The van der Waals surface area contributed by atoms with E-state index < -0.39 is 6.04 Å². The Morgan fingerprint density at radius 1 is 1.18 bits per heavy atom. The average Bonchev–Trinajstić information content (AvgIpc) is 3.10. The third-order valence-electron chi connectivity index (χ3n) is 5.37. The molecule has 2 aliphatic heterocycles. The number of hydrogen-bond acceptors (Lipinski definition) is 4. The zero-order valence-corrected chi connectivity index (χ0v) is 17.1. The molecule has 0 bridgehead atoms. The third kappa shape index (κ3) is 5.35. The van der Waals surface area contributed by atoms with Gasteiger partial charge in [0.2, 0.25) is 11.8 Å². The second-order valence-corrected chi connectivity index (χ2v) is 7.11. The minimum atomic E-state index is -0.474. The van der Waals surface area contributed by atoms with Crippen LogP contribution < -0.4 is 16.4 Å². The molecule has 28 heavy (non-hydrogen) atoms. The van der Waals surface area contributed by atoms with E-state index in [1.54, 1.807) is 0 Å². The van der Waals surface area contributed by atoms with E-state index in [2.05, 4.69) is 29.3 Å². The van der Waals surface area contributed by atoms with Gasteiger partial charge in [-0.3, -0.25) is 9.59 Å². The van der Waals surface area contributed by atoms with Gasteiger partial charge < -0.3 is 21.3 Å². The van der Waals surface area contributed by atoms with Crippen LogP contribution in [-0.2, 0) is 16.1 Å². The summed E-state index contributed by atoms with van der Waals surface area (Å²) in [5.74, 6) is -0.280. The Kier molecular flexibility index (Phi) is 8.51. The number of nitrogens with one attached hydrogen (secondary N) is 2. The van der Waals surface area contributed by atoms with Crippen molar-refractivity contribution in [1.82, 2.24) is 15.5 Å². The van der Waals surface area contributed by atoms with Crippen LogP contribution in [0.2, 0.25) is 0 Å². The number of hydrogen-bond donors (Lipinski definition) is 3. The molecule has 2 fully saturated rings. The summed E-state index contributed by atoms with van der Waals surface area (Å²) >= 11 is 0. The van der Waals surface area contributed by atoms with Crippen LogP contribution in [0.25, 0.3) is 0 Å². The van der Waals surface area contributed by atoms with Crippen LogP contribution in [0.4, 0.5) is 0 Å². The molecule has 1 unspecified atom stereocenters. The van der Waals surface area contributed by atoms with Crippen LogP contribution in [0.15, 0.2) is 42.6 Å². The van der Waals surface area contributed by atoms with Crippen molar-refractivity contribution in [3.63, 3.8) is 0 Å². The molecule has 0 aromatic heterocycles. The number of rotatable bonds is 6. The first-order valence-corrected chi connectivity index (χ1v) is 10.4. The molecule has 2 saturated heterocycles. The Morgan fingerprint density at radius 2 is 1.89 bits per heavy atom. The van der Waals surface area contributed by atoms with Crippen molar-refractivity contribution < 1.29 is 9.59 Å². The van der Waals surface area contributed by atoms with Crippen LogP contribution in [0.5, 0.6) is 0 Å². The van der Waals surface area contributed by atoms with Crippen LogP contribution in [0.3, 0.4) is 0 Å². The molecule has 6 nitrogen and oxygen atoms in total. The highest BCUT2D eigenvalue weighted by Crippen LogP contribution is 2.34. The van der Waals surface area contributed by atoms with Gasteiger partial charge in [-0.25, -0.2) is 0 Å². The number of nitrogens with zero attached hydrogens (tertiary/aromatic N) is 1. The lowest BCUT2D eigenvalue weighted by Gasteiger charge is -2.32. The van der Waals surface area contributed by atoms with E-state index in [-0.39, 0.29) is 30.4 Å². The molecule has 0 aliphatic carbocycles. The van der Waals surface area contributed by atoms with Gasteiger partial charge in [0, 0.05) is 18.3 Å². The Labute approximate surface area is 168 Å². The lowest BCUT2D eigenvalue weighted by molar-refractivity contribution is -0.137. The monoisotopic (exact) mass is 386 g/mol. The topological polar surface area (TPSA) is 87.5 Å². The molecule has 2 heterocycles. The highest BCUT2D eigenvalue weighted by atomic mass is 16.2. The van der Waals surface area contributed by atoms with E-state index in [1.807, 2.05) is 36.9 Å². The molecule has 1 aromatic rings. The first-order chi connectivity index (χ1) is 13.6. The summed E-state index contributed by atoms with van der Waals surface area (Å²) in [4.78, 5) is 26.7. The quantitative estimate of drug-likeness (QED) is 0.700. The first kappa shape index (κ1) is 22.0. The molecule has 2 amide bonds. The summed E-state index contributed by atoms with van der Waals surface area (Å²) in [5, 5.41) is 6.17. The highest BCUT2D eigenvalue weighted by Gasteiger charge is 2.42. The van der Waals surface area contributed by atoms with E-state index >= 15 is 0 Å². The average molecular weight is 387 g/mol. The Morgan fingerprint density at radius 3 is 2.57 bits per heavy atom. The largest absolute Gasteiger partial charge is 0.383 e. The highest BCUT2D eigenvalue weighted by molar-refractivity contribution is 5.89. The van der Waals surface area contributed by atoms with Crippen molar-refractivity contribution in [2.75, 3.05) is 6.54 Å². The zero-order valence-electron chi connectivity index (χ0n) is 17.1. The van der Waals surface area contributed by atoms with Gasteiger partial charge in [-0.2, -0.15) is 0 Å². The molecule has 6 heteroatoms. The molecule has 3 atom stereocenters. The number of carbonyl (C=O) groups excluding carboxylic acids is 2. The van der Waals surface area contributed by atoms with Crippen molar-refractivity contribution in [3.8, 4) is 0 Å². The van der Waals surface area contributed by atoms with Gasteiger partial charge in [0.15, 0.2) is 0 Å². The zero-order chi connectivity index (χ0) is 20.5. The van der Waals surface area contributed by atoms with Crippen LogP contribution in [0.1, 0.15) is 51.5 Å². The predicted octanol–water partition coefficient (Wildman–Crippen LogP) is 2.30. The van der Waals surface area contributed by atoms with E-state index in [1.165, 1.54) is 5.56 Å². The molecule has 0 saturated carbocycles. The van der Waals surface area contributed by atoms with Crippen molar-refractivity contribution in [3.05, 3.63) is 48.2 Å². The van der Waals surface area contributed by atoms with Crippen LogP contribution >= 0.6 is 0 Å². The Hall–Kier alpha value is -2.34. The molecule has 4 N–H and O–H groups in total. The number of amides is 2. The fourth-order valence-corrected chi connectivity index (χ4v) is 4.02. The van der Waals surface area contributed by atoms with Crippen LogP contribution in [-0.4, -0.2) is 41.4 Å². The fourth-order valence-electron chi connectivity index (χ4n) is 4.02. The van der Waals surface area contributed by atoms with Gasteiger partial charge in [-0.1, -0.05) is 50.8 Å². The maximum Gasteiger partial charge on any atom is 0.245 e. The number of carbonyl (C=O) groups is 2. The predicted molar refractivity (Wildman–Crippen MR) is 112 cm³/mol. The van der Waals surface area contributed by atoms with Gasteiger partial charge in [-0.15, -0.1) is 0 Å². The van der Waals surface area contributed by atoms with Gasteiger partial charge in [-0.05, 0) is 37.7 Å². The smallest absolute Gasteiger partial charge is 0.245 e. The minimum Gasteiger partial charge on any atom is -0.383 e. The lowest BCUT2D eigenvalue weighted by atomic mass is 10.1. The van der Waals surface area contributed by atoms with Gasteiger partial charge >= 0.3 is 0 Å². The summed E-state index contributed by atoms with van der Waals surface area (Å²) in [6.07, 6.45) is 4.48. The number of benzene rings is 1. The third-order valence-corrected chi connectivity index (χ3v) is 5.37. The van der Waals surface area contributed by atoms with E-state index in [0.717, 1.165) is 31.4 Å². The van der Waals surface area contributed by atoms with E-state index in [4.69, 9.17) is 5.73 Å². The second-order valence-electron chi connectivity index (χ2n) is 7.11. The maximum absolute atomic E-state index is 13.1. The Bertz CT molecular complexity index is 662. The van der Waals surface area contributed by atoms with E-state index in [0.29, 0.717) is 13.0 Å². The van der Waals surface area contributed by atoms with Gasteiger partial charge in [0.05, 0.1) is 12.6 Å². The lowest BCUT2D eigenvalue weighted by Crippen LogP contribution is -2.52. The molecule has 1 aromatic carbocycles. The van der Waals surface area contributed by atoms with Gasteiger partial charge in [0.1, 0.15) is 6.04 Å². The molecule has 154 valence electrons. The minimum absolute atomic E-state index is 0.000499. The SMILES string of the molecule is C=C(NCc1ccccc1)[C@@H]1CCC2CCC[C@H](NC(=O)CN)C(=O)N21.CC. The summed E-state index contributed by atoms with van der Waals surface area (Å²) in [5.41, 5.74) is 7.44. The van der Waals surface area contributed by atoms with Crippen molar-refractivity contribution >= 4 is 11.8 Å². The standard InChI is InChI=1S/C20H28N4O2.C2H6/c1-14(22-13-15-6-3-2-4-7-15)18-11-10-16-8-5-9-17(20(26)24(16)18)23-19(25)12-21;1-2/h2-4,6-7,16-18,22H,1,5,8-13,21H2,(H,23,25);1-2H3/t16?,17-,18-;/m0./s1. The normalized spacial score (nSPS) is 23.8. The van der Waals surface area contributed by atoms with E-state index in [9.17, 15) is 9.59 Å². The summed E-state index contributed by atoms with van der Waals surface area (Å²) in [6, 6.07) is 9.88. The van der Waals surface area contributed by atoms with Gasteiger partial charge in [0.25, 0.3) is 0 Å². The van der Waals surface area contributed by atoms with Crippen molar-refractivity contribution in [1.29, 1.82) is 0 Å². The summed E-state index contributed by atoms with van der Waals surface area (Å²) in [7, 11) is 0. The van der Waals surface area contributed by atoms with Crippen molar-refractivity contribution in [2.24, 2.45) is 5.73 Å². The fraction of sp³-hybridized carbons (Fsp3) is 0.545. The molecular formula is C22H34N4O2. The number of fused-ring (bicyclic) bond motifs is 1. The first-order valence-electron chi connectivity index (χ1n) is 10.4. The Balaban J connectivity index is 0.00000136. The molecular weight excluding hydrogens is 352 g/mol. The summed E-state index contributed by atoms with van der Waals surface area (Å²) < 4.78 is 0. The van der Waals surface area contributed by atoms with Crippen molar-refractivity contribution in [2.45, 2.75) is 70.6 Å². The maximum atomic E-state index is 13.1. The molecule has 0 spiro atoms. The van der Waals surface area contributed by atoms with Crippen LogP contribution in [0, 0.1) is 0 Å². The summed E-state index contributed by atoms with van der Waals surface area (Å²) in [6.45, 7) is 8.79. The molecule has 2 aliphatic rings.